The highest BCUT2D eigenvalue weighted by molar-refractivity contribution is 8.23. The van der Waals surface area contributed by atoms with Crippen molar-refractivity contribution in [2.24, 2.45) is 11.3 Å². The number of aliphatic hydroxyl groups is 1. The summed E-state index contributed by atoms with van der Waals surface area (Å²) in [5.41, 5.74) is -0.825. The fraction of sp³-hybridized carbons (Fsp3) is 0.750. The van der Waals surface area contributed by atoms with Gasteiger partial charge < -0.3 is 19.4 Å². The van der Waals surface area contributed by atoms with Gasteiger partial charge in [-0.2, -0.15) is 0 Å². The first-order chi connectivity index (χ1) is 14.6. The molecule has 0 aromatic heterocycles. The number of hydrogen-bond acceptors (Lipinski definition) is 9. The van der Waals surface area contributed by atoms with Crippen LogP contribution in [0.5, 0.6) is 0 Å². The zero-order valence-electron chi connectivity index (χ0n) is 18.3. The molecule has 8 nitrogen and oxygen atoms in total. The molecule has 3 aliphatic rings. The predicted octanol–water partition coefficient (Wildman–Crippen LogP) is 2.16. The molecule has 0 saturated carbocycles. The van der Waals surface area contributed by atoms with Crippen molar-refractivity contribution in [1.82, 2.24) is 4.90 Å². The van der Waals surface area contributed by atoms with Gasteiger partial charge in [0.1, 0.15) is 10.8 Å². The number of β-lactam (4-membered cyclic amide) rings is 1. The Morgan fingerprint density at radius 1 is 1.35 bits per heavy atom. The molecule has 3 aliphatic heterocycles. The molecule has 5 atom stereocenters. The number of carbonyl (C=O) groups excluding carboxylic acids is 3. The third-order valence-corrected chi connectivity index (χ3v) is 12.0. The molecule has 0 spiro atoms. The van der Waals surface area contributed by atoms with Gasteiger partial charge in [-0.05, 0) is 45.2 Å². The van der Waals surface area contributed by atoms with Gasteiger partial charge in [0.05, 0.1) is 16.3 Å². The number of nitrogens with zero attached hydrogens (tertiary/aromatic N) is 1. The average molecular weight is 490 g/mol. The van der Waals surface area contributed by atoms with Crippen molar-refractivity contribution in [3.05, 3.63) is 9.93 Å². The van der Waals surface area contributed by atoms with Crippen LogP contribution in [0, 0.1) is 11.3 Å². The van der Waals surface area contributed by atoms with E-state index < -0.39 is 39.3 Å². The zero-order chi connectivity index (χ0) is 22.9. The number of esters is 2. The van der Waals surface area contributed by atoms with Crippen molar-refractivity contribution in [3.63, 3.8) is 0 Å². The molecule has 0 unspecified atom stereocenters. The normalized spacial score (nSPS) is 31.0. The molecule has 0 aromatic rings. The second-order valence-corrected chi connectivity index (χ2v) is 13.5. The van der Waals surface area contributed by atoms with Gasteiger partial charge in [-0.1, -0.05) is 25.6 Å². The maximum atomic E-state index is 12.9. The summed E-state index contributed by atoms with van der Waals surface area (Å²) in [7, 11) is -1.68. The van der Waals surface area contributed by atoms with Crippen LogP contribution < -0.4 is 0 Å². The molecule has 2 N–H and O–H groups in total. The molecule has 2 saturated heterocycles. The zero-order valence-corrected chi connectivity index (χ0v) is 21.1. The van der Waals surface area contributed by atoms with Crippen molar-refractivity contribution in [2.45, 2.75) is 75.8 Å². The lowest BCUT2D eigenvalue weighted by Gasteiger charge is -2.52. The van der Waals surface area contributed by atoms with Crippen molar-refractivity contribution in [1.29, 1.82) is 0 Å². The van der Waals surface area contributed by atoms with Crippen LogP contribution in [-0.4, -0.2) is 65.2 Å². The molecular weight excluding hydrogens is 458 g/mol. The van der Waals surface area contributed by atoms with E-state index >= 15 is 0 Å². The Labute approximate surface area is 192 Å². The number of fused-ring (bicyclic) bond motifs is 1. The molecule has 2 fully saturated rings. The number of carbonyl (C=O) groups is 3. The first kappa shape index (κ1) is 24.6. The summed E-state index contributed by atoms with van der Waals surface area (Å²) >= 11 is 2.89. The van der Waals surface area contributed by atoms with Crippen LogP contribution in [0.4, 0.5) is 0 Å². The summed E-state index contributed by atoms with van der Waals surface area (Å²) in [4.78, 5) is 49.2. The van der Waals surface area contributed by atoms with E-state index in [9.17, 15) is 24.3 Å². The van der Waals surface area contributed by atoms with Gasteiger partial charge in [0.25, 0.3) is 0 Å². The van der Waals surface area contributed by atoms with E-state index in [0.29, 0.717) is 17.1 Å². The monoisotopic (exact) mass is 489 g/mol. The lowest BCUT2D eigenvalue weighted by atomic mass is 9.75. The van der Waals surface area contributed by atoms with Crippen molar-refractivity contribution >= 4 is 50.4 Å². The van der Waals surface area contributed by atoms with E-state index in [2.05, 4.69) is 0 Å². The highest BCUT2D eigenvalue weighted by Crippen LogP contribution is 2.60. The van der Waals surface area contributed by atoms with Crippen LogP contribution >= 0.6 is 23.5 Å². The lowest BCUT2D eigenvalue weighted by molar-refractivity contribution is -0.177. The summed E-state index contributed by atoms with van der Waals surface area (Å²) in [6, 6.07) is 1.61. The van der Waals surface area contributed by atoms with Crippen LogP contribution in [0.3, 0.4) is 0 Å². The number of ether oxygens (including phenoxy) is 2. The Balaban J connectivity index is 1.73. The molecule has 3 heterocycles. The van der Waals surface area contributed by atoms with Gasteiger partial charge in [0, 0.05) is 5.25 Å². The Kier molecular flexibility index (Phi) is 7.83. The van der Waals surface area contributed by atoms with E-state index in [1.165, 1.54) is 28.4 Å². The van der Waals surface area contributed by atoms with Crippen LogP contribution in [-0.2, 0) is 23.9 Å². The molecular formula is C20H31NO7S2Si. The molecule has 174 valence electrons. The lowest BCUT2D eigenvalue weighted by Crippen LogP contribution is -2.68. The number of hydrogen-bond donors (Lipinski definition) is 2. The largest absolute Gasteiger partial charge is 0.435 e. The summed E-state index contributed by atoms with van der Waals surface area (Å²) < 4.78 is 11.0. The van der Waals surface area contributed by atoms with E-state index in [0.717, 1.165) is 18.5 Å². The molecule has 0 aromatic carbocycles. The molecule has 0 radical (unpaired) electrons. The second kappa shape index (κ2) is 9.86. The highest BCUT2D eigenvalue weighted by Gasteiger charge is 2.66. The van der Waals surface area contributed by atoms with Gasteiger partial charge in [0.15, 0.2) is 14.7 Å². The van der Waals surface area contributed by atoms with Crippen LogP contribution in [0.2, 0.25) is 12.1 Å². The summed E-state index contributed by atoms with van der Waals surface area (Å²) in [5.74, 6) is -1.69. The number of amides is 1. The Morgan fingerprint density at radius 2 is 2.03 bits per heavy atom. The van der Waals surface area contributed by atoms with Crippen LogP contribution in [0.1, 0.15) is 47.0 Å². The molecule has 31 heavy (non-hydrogen) atoms. The maximum absolute atomic E-state index is 12.9. The molecule has 0 bridgehead atoms. The molecule has 1 amide bonds. The molecule has 3 rings (SSSR count). The highest BCUT2D eigenvalue weighted by atomic mass is 32.2. The minimum Gasteiger partial charge on any atom is -0.435 e. The second-order valence-electron chi connectivity index (χ2n) is 8.47. The first-order valence-electron chi connectivity index (χ1n) is 10.8. The summed E-state index contributed by atoms with van der Waals surface area (Å²) in [6.45, 7) is 6.56. The fourth-order valence-electron chi connectivity index (χ4n) is 4.10. The van der Waals surface area contributed by atoms with Crippen molar-refractivity contribution in [3.8, 4) is 0 Å². The molecule has 0 aliphatic carbocycles. The van der Waals surface area contributed by atoms with Gasteiger partial charge in [-0.15, -0.1) is 11.8 Å². The van der Waals surface area contributed by atoms with E-state index in [1.54, 1.807) is 13.8 Å². The van der Waals surface area contributed by atoms with E-state index in [4.69, 9.17) is 9.47 Å². The van der Waals surface area contributed by atoms with Gasteiger partial charge in [-0.25, -0.2) is 4.79 Å². The van der Waals surface area contributed by atoms with Gasteiger partial charge in [0.2, 0.25) is 12.7 Å². The molecule has 11 heteroatoms. The fourth-order valence-corrected chi connectivity index (χ4v) is 10.4. The summed E-state index contributed by atoms with van der Waals surface area (Å²) in [5, 5.41) is 10.0. The van der Waals surface area contributed by atoms with Crippen molar-refractivity contribution < 1.29 is 33.8 Å². The number of thioether (sulfide) groups is 2. The average Bonchev–Trinajstić information content (AvgIpc) is 3.30. The maximum Gasteiger partial charge on any atom is 0.359 e. The predicted molar refractivity (Wildman–Crippen MR) is 121 cm³/mol. The number of rotatable bonds is 9. The Hall–Kier alpha value is -1.01. The standard InChI is InChI=1S/C20H31NO7S2Si/c1-5-12(6-2)15(23)27-10-28-16(24)14-17(29-13-7-8-31(26)9-13)30-19-20(4,11(3)22)18(25)21(14)19/h11-13,19,22,26,31H,5-10H2,1-4H3/t11-,13+,19-,20+,31-/m1/s1. The smallest absolute Gasteiger partial charge is 0.359 e. The van der Waals surface area contributed by atoms with Gasteiger partial charge in [-0.3, -0.25) is 14.5 Å². The third-order valence-electron chi connectivity index (χ3n) is 6.48. The minimum atomic E-state index is -1.68. The Bertz CT molecular complexity index is 773. The minimum absolute atomic E-state index is 0.157. The van der Waals surface area contributed by atoms with E-state index in [1.807, 2.05) is 13.8 Å². The van der Waals surface area contributed by atoms with E-state index in [-0.39, 0.29) is 28.1 Å². The van der Waals surface area contributed by atoms with Crippen LogP contribution in [0.15, 0.2) is 9.93 Å². The van der Waals surface area contributed by atoms with Gasteiger partial charge >= 0.3 is 11.9 Å². The van der Waals surface area contributed by atoms with Crippen LogP contribution in [0.25, 0.3) is 0 Å². The third kappa shape index (κ3) is 4.57. The van der Waals surface area contributed by atoms with Crippen molar-refractivity contribution in [2.75, 3.05) is 6.79 Å². The quantitative estimate of drug-likeness (QED) is 0.218. The topological polar surface area (TPSA) is 113 Å². The Morgan fingerprint density at radius 3 is 2.58 bits per heavy atom. The SMILES string of the molecule is CCC(CC)C(=O)OCOC(=O)C1=C(S[C@H]2CC[Si@@H](O)C2)S[C@H]2N1C(=O)[C@]2(C)[C@@H](C)O. The summed E-state index contributed by atoms with van der Waals surface area (Å²) in [6.07, 6.45) is 1.30. The first-order valence-corrected chi connectivity index (χ1v) is 14.7. The number of aliphatic hydroxyl groups excluding tert-OH is 1.